The largest absolute Gasteiger partial charge is 0.507 e. The van der Waals surface area contributed by atoms with E-state index in [-0.39, 0.29) is 17.0 Å². The number of benzene rings is 2. The number of amidine groups is 1. The molecule has 1 fully saturated rings. The number of hydrogen-bond acceptors (Lipinski definition) is 5. The first-order chi connectivity index (χ1) is 17.5. The summed E-state index contributed by atoms with van der Waals surface area (Å²) in [5.74, 6) is 0.938. The number of nitrogens with zero attached hydrogens (tertiary/aromatic N) is 3. The Morgan fingerprint density at radius 2 is 1.75 bits per heavy atom. The first-order valence-electron chi connectivity index (χ1n) is 12.1. The number of phenolic OH excluding ortho intramolecular Hbond substituents is 1. The third-order valence-corrected chi connectivity index (χ3v) is 6.27. The Kier molecular flexibility index (Phi) is 7.50. The summed E-state index contributed by atoms with van der Waals surface area (Å²) in [7, 11) is 0. The molecule has 0 saturated heterocycles. The molecule has 182 valence electrons. The molecule has 6 rings (SSSR count). The molecule has 6 heteroatoms. The normalized spacial score (nSPS) is 16.8. The van der Waals surface area contributed by atoms with Crippen LogP contribution in [-0.4, -0.2) is 33.9 Å². The first kappa shape index (κ1) is 24.7. The lowest BCUT2D eigenvalue weighted by molar-refractivity contribution is -0.385. The summed E-state index contributed by atoms with van der Waals surface area (Å²) in [6.07, 6.45) is 24.2. The van der Waals surface area contributed by atoms with E-state index in [4.69, 9.17) is 4.99 Å². The number of hydrogen-bond donors (Lipinski definition) is 1. The van der Waals surface area contributed by atoms with Crippen molar-refractivity contribution in [1.82, 2.24) is 4.90 Å². The lowest BCUT2D eigenvalue weighted by Gasteiger charge is -2.30. The molecule has 2 aromatic carbocycles. The van der Waals surface area contributed by atoms with Crippen molar-refractivity contribution in [2.24, 2.45) is 4.99 Å². The fourth-order valence-corrected chi connectivity index (χ4v) is 4.23. The van der Waals surface area contributed by atoms with Crippen LogP contribution in [0.2, 0.25) is 0 Å². The minimum atomic E-state index is -0.464. The van der Waals surface area contributed by atoms with Crippen molar-refractivity contribution in [3.63, 3.8) is 0 Å². The molecule has 0 spiro atoms. The van der Waals surface area contributed by atoms with Gasteiger partial charge in [-0.1, -0.05) is 67.8 Å². The monoisotopic (exact) mass is 479 g/mol. The molecule has 36 heavy (non-hydrogen) atoms. The van der Waals surface area contributed by atoms with Gasteiger partial charge in [0, 0.05) is 18.2 Å². The van der Waals surface area contributed by atoms with Crippen LogP contribution >= 0.6 is 0 Å². The second-order valence-corrected chi connectivity index (χ2v) is 8.82. The van der Waals surface area contributed by atoms with Crippen LogP contribution in [0, 0.1) is 29.9 Å². The van der Waals surface area contributed by atoms with Gasteiger partial charge in [0.05, 0.1) is 22.7 Å². The topological polar surface area (TPSA) is 79.0 Å². The van der Waals surface area contributed by atoms with Gasteiger partial charge in [0.15, 0.2) is 0 Å². The third kappa shape index (κ3) is 5.16. The number of phenols is 1. The second-order valence-electron chi connectivity index (χ2n) is 8.82. The molecule has 0 radical (unpaired) electrons. The molecule has 2 aliphatic carbocycles. The Labute approximate surface area is 211 Å². The van der Waals surface area contributed by atoms with E-state index in [1.54, 1.807) is 13.0 Å². The van der Waals surface area contributed by atoms with Gasteiger partial charge in [0.1, 0.15) is 11.6 Å². The van der Waals surface area contributed by atoms with E-state index in [2.05, 4.69) is 48.1 Å². The van der Waals surface area contributed by atoms with Gasteiger partial charge in [-0.3, -0.25) is 15.1 Å². The van der Waals surface area contributed by atoms with E-state index in [1.807, 2.05) is 24.3 Å². The van der Waals surface area contributed by atoms with Gasteiger partial charge in [-0.2, -0.15) is 0 Å². The maximum absolute atomic E-state index is 11.3. The van der Waals surface area contributed by atoms with Crippen molar-refractivity contribution < 1.29 is 10.0 Å². The summed E-state index contributed by atoms with van der Waals surface area (Å²) in [4.78, 5) is 17.8. The third-order valence-electron chi connectivity index (χ3n) is 6.27. The maximum atomic E-state index is 11.3. The molecular formula is C30H29N3O3. The van der Waals surface area contributed by atoms with Crippen LogP contribution in [-0.2, 0) is 0 Å². The number of allylic oxidation sites excluding steroid dienone is 5. The summed E-state index contributed by atoms with van der Waals surface area (Å²) in [6, 6.07) is 11.0. The van der Waals surface area contributed by atoms with Crippen LogP contribution in [0.5, 0.6) is 5.75 Å². The molecule has 0 unspecified atom stereocenters. The van der Waals surface area contributed by atoms with Gasteiger partial charge in [0.25, 0.3) is 5.69 Å². The van der Waals surface area contributed by atoms with Crippen molar-refractivity contribution in [1.29, 1.82) is 0 Å². The zero-order valence-electron chi connectivity index (χ0n) is 20.4. The Balaban J connectivity index is 0.000000555. The summed E-state index contributed by atoms with van der Waals surface area (Å²) in [5, 5.41) is 21.5. The lowest BCUT2D eigenvalue weighted by atomic mass is 9.94. The van der Waals surface area contributed by atoms with E-state index < -0.39 is 4.92 Å². The predicted molar refractivity (Wildman–Crippen MR) is 146 cm³/mol. The smallest absolute Gasteiger partial charge is 0.276 e. The van der Waals surface area contributed by atoms with Crippen molar-refractivity contribution >= 4 is 17.2 Å². The highest BCUT2D eigenvalue weighted by atomic mass is 16.6. The van der Waals surface area contributed by atoms with Crippen molar-refractivity contribution in [3.8, 4) is 29.7 Å². The van der Waals surface area contributed by atoms with E-state index >= 15 is 0 Å². The molecule has 0 bridgehead atoms. The number of rotatable bonds is 3. The average Bonchev–Trinajstić information content (AvgIpc) is 3.74. The minimum Gasteiger partial charge on any atom is -0.507 e. The van der Waals surface area contributed by atoms with E-state index in [0.29, 0.717) is 5.56 Å². The molecule has 1 N–H and O–H groups in total. The van der Waals surface area contributed by atoms with Crippen molar-refractivity contribution in [2.45, 2.75) is 32.6 Å². The Morgan fingerprint density at radius 3 is 2.42 bits per heavy atom. The average molecular weight is 480 g/mol. The number of fused-ring (bicyclic) bond motifs is 3. The van der Waals surface area contributed by atoms with E-state index in [9.17, 15) is 15.2 Å². The number of aromatic hydroxyl groups is 1. The number of nitro benzene ring substituents is 1. The first-order valence-corrected chi connectivity index (χ1v) is 12.1. The number of terminal acetylenes is 1. The Morgan fingerprint density at radius 1 is 1.06 bits per heavy atom. The highest BCUT2D eigenvalue weighted by Gasteiger charge is 2.30. The number of nitro groups is 1. The predicted octanol–water partition coefficient (Wildman–Crippen LogP) is 6.58. The van der Waals surface area contributed by atoms with Gasteiger partial charge in [-0.05, 0) is 47.8 Å². The highest BCUT2D eigenvalue weighted by Crippen LogP contribution is 2.37. The fourth-order valence-electron chi connectivity index (χ4n) is 4.23. The van der Waals surface area contributed by atoms with Crippen LogP contribution in [0.3, 0.4) is 0 Å². The van der Waals surface area contributed by atoms with Crippen LogP contribution < -0.4 is 0 Å². The van der Waals surface area contributed by atoms with Crippen LogP contribution in [0.4, 0.5) is 5.69 Å². The Hall–Kier alpha value is -4.37. The number of aliphatic imine (C=N–C) groups is 1. The SMILES string of the molecule is C#C.C1CC1.Cc1c(O)cc(-c2ccc(C3=CC4=CCC=CC=C4C4=NCCN34)cc2)cc1[N+](=O)[O-]. The standard InChI is InChI=1S/C25H21N3O3.C3H6.C2H2/c1-16-22(28(30)31)14-20(15-24(16)29)17-7-9-18(10-8-17)23-13-19-5-3-2-4-6-21(19)25-26-11-12-27(23)25;1-2-3-1;1-2/h2,4-10,13-15,29H,3,11-12H2,1H3;1-3H2;1-2H. The minimum absolute atomic E-state index is 0.0746. The lowest BCUT2D eigenvalue weighted by Crippen LogP contribution is -2.31. The van der Waals surface area contributed by atoms with Crippen LogP contribution in [0.1, 0.15) is 36.8 Å². The highest BCUT2D eigenvalue weighted by molar-refractivity contribution is 6.11. The molecule has 0 aromatic heterocycles. The summed E-state index contributed by atoms with van der Waals surface area (Å²) >= 11 is 0. The molecular weight excluding hydrogens is 450 g/mol. The van der Waals surface area contributed by atoms with Gasteiger partial charge in [-0.15, -0.1) is 12.8 Å². The zero-order chi connectivity index (χ0) is 25.7. The van der Waals surface area contributed by atoms with Crippen molar-refractivity contribution in [2.75, 3.05) is 13.1 Å². The molecule has 2 aromatic rings. The molecule has 1 saturated carbocycles. The van der Waals surface area contributed by atoms with Gasteiger partial charge in [-0.25, -0.2) is 0 Å². The molecule has 2 aliphatic heterocycles. The van der Waals surface area contributed by atoms with E-state index in [0.717, 1.165) is 47.7 Å². The maximum Gasteiger partial charge on any atom is 0.276 e. The molecule has 2 heterocycles. The van der Waals surface area contributed by atoms with Gasteiger partial charge in [0.2, 0.25) is 0 Å². The van der Waals surface area contributed by atoms with E-state index in [1.165, 1.54) is 30.9 Å². The summed E-state index contributed by atoms with van der Waals surface area (Å²) in [5.41, 5.74) is 6.12. The Bertz CT molecular complexity index is 1340. The summed E-state index contributed by atoms with van der Waals surface area (Å²) < 4.78 is 0. The van der Waals surface area contributed by atoms with Gasteiger partial charge < -0.3 is 10.0 Å². The fraction of sp³-hybridized carbons (Fsp3) is 0.233. The van der Waals surface area contributed by atoms with Gasteiger partial charge >= 0.3 is 0 Å². The zero-order valence-corrected chi connectivity index (χ0v) is 20.4. The van der Waals surface area contributed by atoms with Crippen molar-refractivity contribution in [3.05, 3.63) is 99.2 Å². The molecule has 0 atom stereocenters. The summed E-state index contributed by atoms with van der Waals surface area (Å²) in [6.45, 7) is 3.16. The molecule has 6 nitrogen and oxygen atoms in total. The molecule has 0 amide bonds. The quantitative estimate of drug-likeness (QED) is 0.306. The molecule has 4 aliphatic rings. The second kappa shape index (κ2) is 10.9. The van der Waals surface area contributed by atoms with Crippen LogP contribution in [0.25, 0.3) is 16.8 Å². The van der Waals surface area contributed by atoms with Crippen LogP contribution in [0.15, 0.2) is 82.9 Å².